The molecule has 16 heavy (non-hydrogen) atoms. The molecule has 1 amide bonds. The molecule has 1 aliphatic heterocycles. The van der Waals surface area contributed by atoms with Gasteiger partial charge in [-0.1, -0.05) is 13.8 Å². The van der Waals surface area contributed by atoms with Crippen molar-refractivity contribution >= 4 is 5.91 Å². The maximum absolute atomic E-state index is 12.3. The minimum absolute atomic E-state index is 0.138. The van der Waals surface area contributed by atoms with E-state index in [1.807, 2.05) is 18.7 Å². The molecule has 0 spiro atoms. The van der Waals surface area contributed by atoms with Gasteiger partial charge in [-0.05, 0) is 19.8 Å². The van der Waals surface area contributed by atoms with Crippen LogP contribution in [0.4, 0.5) is 0 Å². The Morgan fingerprint density at radius 2 is 2.00 bits per heavy atom. The molecular weight excluding hydrogens is 204 g/mol. The first-order valence-electron chi connectivity index (χ1n) is 6.07. The number of carbonyl (C=O) groups is 1. The van der Waals surface area contributed by atoms with Gasteiger partial charge in [0.1, 0.15) is 0 Å². The molecule has 1 fully saturated rings. The highest BCUT2D eigenvalue weighted by Crippen LogP contribution is 2.17. The number of hydrogen-bond acceptors (Lipinski definition) is 3. The molecule has 0 aliphatic carbocycles. The minimum atomic E-state index is -0.152. The van der Waals surface area contributed by atoms with E-state index >= 15 is 0 Å². The first-order valence-corrected chi connectivity index (χ1v) is 6.07. The van der Waals surface area contributed by atoms with Gasteiger partial charge in [0.05, 0.1) is 19.1 Å². The molecule has 0 aromatic rings. The van der Waals surface area contributed by atoms with Crippen LogP contribution in [0.3, 0.4) is 0 Å². The van der Waals surface area contributed by atoms with Crippen molar-refractivity contribution in [2.24, 2.45) is 17.6 Å². The zero-order valence-corrected chi connectivity index (χ0v) is 10.8. The second-order valence-corrected chi connectivity index (χ2v) is 5.29. The first-order chi connectivity index (χ1) is 7.43. The zero-order chi connectivity index (χ0) is 12.3. The molecule has 0 bridgehead atoms. The van der Waals surface area contributed by atoms with Crippen molar-refractivity contribution in [3.63, 3.8) is 0 Å². The van der Waals surface area contributed by atoms with Crippen LogP contribution < -0.4 is 5.73 Å². The zero-order valence-electron chi connectivity index (χ0n) is 10.8. The summed E-state index contributed by atoms with van der Waals surface area (Å²) in [4.78, 5) is 14.2. The van der Waals surface area contributed by atoms with Crippen molar-refractivity contribution in [1.29, 1.82) is 0 Å². The predicted octanol–water partition coefficient (Wildman–Crippen LogP) is 0.853. The lowest BCUT2D eigenvalue weighted by Crippen LogP contribution is -2.47. The Balaban J connectivity index is 2.66. The Hall–Kier alpha value is -0.610. The molecule has 94 valence electrons. The van der Waals surface area contributed by atoms with E-state index in [1.165, 1.54) is 0 Å². The summed E-state index contributed by atoms with van der Waals surface area (Å²) in [6, 6.07) is 0.0867. The summed E-state index contributed by atoms with van der Waals surface area (Å²) >= 11 is 0. The Bertz CT molecular complexity index is 241. The highest BCUT2D eigenvalue weighted by atomic mass is 16.5. The normalized spacial score (nSPS) is 25.4. The number of hydrogen-bond donors (Lipinski definition) is 1. The molecule has 2 atom stereocenters. The van der Waals surface area contributed by atoms with Gasteiger partial charge in [-0.15, -0.1) is 0 Å². The second-order valence-electron chi connectivity index (χ2n) is 5.29. The van der Waals surface area contributed by atoms with Gasteiger partial charge in [0, 0.05) is 18.6 Å². The SMILES string of the molecule is CC(C)CN(C(=O)C1COCC1N)C(C)C. The average molecular weight is 228 g/mol. The molecule has 2 N–H and O–H groups in total. The van der Waals surface area contributed by atoms with Crippen LogP contribution in [0, 0.1) is 11.8 Å². The van der Waals surface area contributed by atoms with Crippen LogP contribution >= 0.6 is 0 Å². The van der Waals surface area contributed by atoms with Gasteiger partial charge in [0.15, 0.2) is 0 Å². The van der Waals surface area contributed by atoms with Crippen molar-refractivity contribution < 1.29 is 9.53 Å². The fraction of sp³-hybridized carbons (Fsp3) is 0.917. The molecular formula is C12H24N2O2. The quantitative estimate of drug-likeness (QED) is 0.776. The van der Waals surface area contributed by atoms with Gasteiger partial charge in [-0.3, -0.25) is 4.79 Å². The van der Waals surface area contributed by atoms with Crippen LogP contribution in [0.15, 0.2) is 0 Å². The average Bonchev–Trinajstić information content (AvgIpc) is 2.59. The second kappa shape index (κ2) is 5.64. The molecule has 1 aliphatic rings. The van der Waals surface area contributed by atoms with Crippen LogP contribution in [0.2, 0.25) is 0 Å². The molecule has 0 aromatic carbocycles. The van der Waals surface area contributed by atoms with Crippen LogP contribution in [-0.4, -0.2) is 42.6 Å². The monoisotopic (exact) mass is 228 g/mol. The highest BCUT2D eigenvalue weighted by Gasteiger charge is 2.35. The Kier molecular flexibility index (Phi) is 4.74. The molecule has 4 nitrogen and oxygen atoms in total. The molecule has 1 saturated heterocycles. The molecule has 4 heteroatoms. The van der Waals surface area contributed by atoms with Crippen LogP contribution in [-0.2, 0) is 9.53 Å². The maximum atomic E-state index is 12.3. The standard InChI is InChI=1S/C12H24N2O2/c1-8(2)5-14(9(3)4)12(15)10-6-16-7-11(10)13/h8-11H,5-7,13H2,1-4H3. The number of rotatable bonds is 4. The van der Waals surface area contributed by atoms with E-state index in [1.54, 1.807) is 0 Å². The van der Waals surface area contributed by atoms with E-state index in [9.17, 15) is 4.79 Å². The summed E-state index contributed by atoms with van der Waals surface area (Å²) in [5, 5.41) is 0. The summed E-state index contributed by atoms with van der Waals surface area (Å²) in [5.74, 6) is 0.472. The summed E-state index contributed by atoms with van der Waals surface area (Å²) < 4.78 is 5.25. The van der Waals surface area contributed by atoms with Gasteiger partial charge in [0.2, 0.25) is 5.91 Å². The lowest BCUT2D eigenvalue weighted by atomic mass is 10.0. The van der Waals surface area contributed by atoms with Gasteiger partial charge in [0.25, 0.3) is 0 Å². The van der Waals surface area contributed by atoms with Gasteiger partial charge < -0.3 is 15.4 Å². The van der Waals surface area contributed by atoms with E-state index < -0.39 is 0 Å². The summed E-state index contributed by atoms with van der Waals surface area (Å²) in [6.45, 7) is 10.1. The van der Waals surface area contributed by atoms with E-state index in [4.69, 9.17) is 10.5 Å². The fourth-order valence-electron chi connectivity index (χ4n) is 1.99. The molecule has 0 aromatic heterocycles. The topological polar surface area (TPSA) is 55.6 Å². The lowest BCUT2D eigenvalue weighted by Gasteiger charge is -2.31. The smallest absolute Gasteiger partial charge is 0.229 e. The molecule has 0 saturated carbocycles. The molecule has 1 heterocycles. The number of ether oxygens (including phenoxy) is 1. The van der Waals surface area contributed by atoms with Gasteiger partial charge in [-0.25, -0.2) is 0 Å². The fourth-order valence-corrected chi connectivity index (χ4v) is 1.99. The van der Waals surface area contributed by atoms with Crippen molar-refractivity contribution in [3.05, 3.63) is 0 Å². The lowest BCUT2D eigenvalue weighted by molar-refractivity contribution is -0.138. The van der Waals surface area contributed by atoms with Crippen molar-refractivity contribution in [3.8, 4) is 0 Å². The Labute approximate surface area is 98.1 Å². The predicted molar refractivity (Wildman–Crippen MR) is 64.0 cm³/mol. The van der Waals surface area contributed by atoms with Crippen molar-refractivity contribution in [2.75, 3.05) is 19.8 Å². The maximum Gasteiger partial charge on any atom is 0.229 e. The van der Waals surface area contributed by atoms with Gasteiger partial charge in [-0.2, -0.15) is 0 Å². The van der Waals surface area contributed by atoms with E-state index in [2.05, 4.69) is 13.8 Å². The van der Waals surface area contributed by atoms with Crippen LogP contribution in [0.25, 0.3) is 0 Å². The van der Waals surface area contributed by atoms with Crippen molar-refractivity contribution in [2.45, 2.75) is 39.8 Å². The highest BCUT2D eigenvalue weighted by molar-refractivity contribution is 5.80. The third-order valence-electron chi connectivity index (χ3n) is 2.91. The molecule has 0 radical (unpaired) electrons. The Morgan fingerprint density at radius 1 is 1.38 bits per heavy atom. The summed E-state index contributed by atoms with van der Waals surface area (Å²) in [7, 11) is 0. The Morgan fingerprint density at radius 3 is 2.38 bits per heavy atom. The third-order valence-corrected chi connectivity index (χ3v) is 2.91. The van der Waals surface area contributed by atoms with Crippen LogP contribution in [0.1, 0.15) is 27.7 Å². The largest absolute Gasteiger partial charge is 0.379 e. The number of carbonyl (C=O) groups excluding carboxylic acids is 1. The summed E-state index contributed by atoms with van der Waals surface area (Å²) in [5.41, 5.74) is 5.88. The van der Waals surface area contributed by atoms with Crippen LogP contribution in [0.5, 0.6) is 0 Å². The van der Waals surface area contributed by atoms with E-state index in [-0.39, 0.29) is 23.9 Å². The number of amides is 1. The molecule has 1 rings (SSSR count). The number of nitrogens with zero attached hydrogens (tertiary/aromatic N) is 1. The van der Waals surface area contributed by atoms with E-state index in [0.29, 0.717) is 19.1 Å². The van der Waals surface area contributed by atoms with Crippen molar-refractivity contribution in [1.82, 2.24) is 4.90 Å². The molecule has 2 unspecified atom stereocenters. The summed E-state index contributed by atoms with van der Waals surface area (Å²) in [6.07, 6.45) is 0. The first kappa shape index (κ1) is 13.5. The number of nitrogens with two attached hydrogens (primary N) is 1. The minimum Gasteiger partial charge on any atom is -0.379 e. The third kappa shape index (κ3) is 3.19. The van der Waals surface area contributed by atoms with Gasteiger partial charge >= 0.3 is 0 Å². The van der Waals surface area contributed by atoms with E-state index in [0.717, 1.165) is 6.54 Å².